The number of hydrogen-bond acceptors (Lipinski definition) is 3. The molecule has 0 unspecified atom stereocenters. The summed E-state index contributed by atoms with van der Waals surface area (Å²) >= 11 is 0. The summed E-state index contributed by atoms with van der Waals surface area (Å²) in [7, 11) is 0. The smallest absolute Gasteiger partial charge is 0.129 e. The van der Waals surface area contributed by atoms with Gasteiger partial charge in [0.1, 0.15) is 5.82 Å². The summed E-state index contributed by atoms with van der Waals surface area (Å²) in [5.41, 5.74) is 1.42. The molecule has 0 N–H and O–H groups in total. The van der Waals surface area contributed by atoms with Crippen LogP contribution >= 0.6 is 0 Å². The largest absolute Gasteiger partial charge is 0.364 e. The molecule has 1 aromatic heterocycles. The molecule has 0 bridgehead atoms. The molecule has 1 heterocycles. The van der Waals surface area contributed by atoms with Gasteiger partial charge in [-0.1, -0.05) is 77.0 Å². The number of aromatic nitrogens is 1. The SMILES string of the molecule is c1cc(N(C2CCCCC2)C2CCCCC2)ncc1N(C1CCCCC1)C1CCCCC1. The first-order chi connectivity index (χ1) is 15.9. The monoisotopic (exact) mass is 437 g/mol. The molecule has 0 aliphatic heterocycles. The number of anilines is 2. The van der Waals surface area contributed by atoms with Crippen LogP contribution in [-0.2, 0) is 0 Å². The third-order valence-electron chi connectivity index (χ3n) is 9.17. The van der Waals surface area contributed by atoms with Crippen molar-refractivity contribution in [2.45, 2.75) is 153 Å². The van der Waals surface area contributed by atoms with Crippen molar-refractivity contribution >= 4 is 11.5 Å². The van der Waals surface area contributed by atoms with Gasteiger partial charge in [-0.2, -0.15) is 0 Å². The second-order valence-corrected chi connectivity index (χ2v) is 11.4. The van der Waals surface area contributed by atoms with Gasteiger partial charge in [0.15, 0.2) is 0 Å². The van der Waals surface area contributed by atoms with Gasteiger partial charge in [-0.05, 0) is 63.5 Å². The Hall–Kier alpha value is -1.25. The van der Waals surface area contributed by atoms with E-state index in [-0.39, 0.29) is 0 Å². The van der Waals surface area contributed by atoms with Gasteiger partial charge in [0.25, 0.3) is 0 Å². The first kappa shape index (κ1) is 22.5. The van der Waals surface area contributed by atoms with Crippen LogP contribution in [-0.4, -0.2) is 29.2 Å². The Morgan fingerprint density at radius 1 is 0.469 bits per heavy atom. The highest BCUT2D eigenvalue weighted by Crippen LogP contribution is 2.37. The first-order valence-electron chi connectivity index (χ1n) is 14.4. The van der Waals surface area contributed by atoms with Crippen LogP contribution in [0.4, 0.5) is 11.5 Å². The van der Waals surface area contributed by atoms with E-state index in [4.69, 9.17) is 4.98 Å². The summed E-state index contributed by atoms with van der Waals surface area (Å²) < 4.78 is 0. The van der Waals surface area contributed by atoms with Gasteiger partial charge in [0, 0.05) is 24.2 Å². The Balaban J connectivity index is 1.38. The highest BCUT2D eigenvalue weighted by atomic mass is 15.3. The average Bonchev–Trinajstić information content (AvgIpc) is 2.88. The normalized spacial score (nSPS) is 25.0. The number of pyridine rings is 1. The van der Waals surface area contributed by atoms with E-state index in [2.05, 4.69) is 28.1 Å². The lowest BCUT2D eigenvalue weighted by Gasteiger charge is -2.44. The van der Waals surface area contributed by atoms with Crippen LogP contribution in [0.25, 0.3) is 0 Å². The first-order valence-corrected chi connectivity index (χ1v) is 14.4. The molecule has 0 atom stereocenters. The molecule has 5 rings (SSSR count). The summed E-state index contributed by atoms with van der Waals surface area (Å²) in [4.78, 5) is 10.9. The van der Waals surface area contributed by atoms with Gasteiger partial charge < -0.3 is 9.80 Å². The molecule has 32 heavy (non-hydrogen) atoms. The van der Waals surface area contributed by atoms with Gasteiger partial charge in [0.2, 0.25) is 0 Å². The zero-order chi connectivity index (χ0) is 21.6. The summed E-state index contributed by atoms with van der Waals surface area (Å²) in [6.45, 7) is 0. The Morgan fingerprint density at radius 3 is 1.19 bits per heavy atom. The predicted molar refractivity (Wildman–Crippen MR) is 137 cm³/mol. The average molecular weight is 438 g/mol. The molecular formula is C29H47N3. The Labute approximate surface area is 197 Å². The Morgan fingerprint density at radius 2 is 0.844 bits per heavy atom. The predicted octanol–water partition coefficient (Wildman–Crippen LogP) is 8.03. The van der Waals surface area contributed by atoms with Crippen LogP contribution in [0, 0.1) is 0 Å². The van der Waals surface area contributed by atoms with Crippen molar-refractivity contribution in [2.75, 3.05) is 9.80 Å². The van der Waals surface area contributed by atoms with Gasteiger partial charge in [0.05, 0.1) is 11.9 Å². The highest BCUT2D eigenvalue weighted by Gasteiger charge is 2.32. The molecule has 3 heteroatoms. The van der Waals surface area contributed by atoms with Gasteiger partial charge in [-0.15, -0.1) is 0 Å². The molecule has 0 radical (unpaired) electrons. The molecule has 4 fully saturated rings. The van der Waals surface area contributed by atoms with Crippen LogP contribution in [0.3, 0.4) is 0 Å². The molecule has 178 valence electrons. The van der Waals surface area contributed by atoms with Crippen LogP contribution in [0.1, 0.15) is 128 Å². The summed E-state index contributed by atoms with van der Waals surface area (Å²) in [5.74, 6) is 1.28. The molecule has 4 aliphatic carbocycles. The maximum Gasteiger partial charge on any atom is 0.129 e. The van der Waals surface area contributed by atoms with Gasteiger partial charge in [-0.25, -0.2) is 4.98 Å². The summed E-state index contributed by atoms with van der Waals surface area (Å²) in [6.07, 6.45) is 30.3. The fourth-order valence-electron chi connectivity index (χ4n) is 7.51. The van der Waals surface area contributed by atoms with Crippen LogP contribution < -0.4 is 9.80 Å². The van der Waals surface area contributed by atoms with Gasteiger partial charge >= 0.3 is 0 Å². The number of nitrogens with zero attached hydrogens (tertiary/aromatic N) is 3. The lowest BCUT2D eigenvalue weighted by atomic mass is 9.88. The number of rotatable bonds is 6. The minimum atomic E-state index is 0.720. The van der Waals surface area contributed by atoms with E-state index in [9.17, 15) is 0 Å². The van der Waals surface area contributed by atoms with E-state index in [0.29, 0.717) is 0 Å². The third kappa shape index (κ3) is 5.28. The third-order valence-corrected chi connectivity index (χ3v) is 9.17. The van der Waals surface area contributed by atoms with Crippen molar-refractivity contribution < 1.29 is 0 Å². The number of hydrogen-bond donors (Lipinski definition) is 0. The molecule has 4 aliphatic rings. The molecule has 1 aromatic rings. The van der Waals surface area contributed by atoms with Crippen molar-refractivity contribution in [1.29, 1.82) is 0 Å². The maximum atomic E-state index is 5.22. The minimum absolute atomic E-state index is 0.720. The van der Waals surface area contributed by atoms with E-state index in [1.165, 1.54) is 140 Å². The fourth-order valence-corrected chi connectivity index (χ4v) is 7.51. The molecule has 0 saturated heterocycles. The second-order valence-electron chi connectivity index (χ2n) is 11.4. The maximum absolute atomic E-state index is 5.22. The molecule has 4 saturated carbocycles. The standard InChI is InChI=1S/C29H47N3/c1-5-13-24(14-6-1)31(25-15-7-2-8-16-25)28-21-22-29(30-23-28)32(26-17-9-3-10-18-26)27-19-11-4-12-20-27/h21-27H,1-20H2. The zero-order valence-electron chi connectivity index (χ0n) is 20.5. The van der Waals surface area contributed by atoms with Gasteiger partial charge in [-0.3, -0.25) is 0 Å². The van der Waals surface area contributed by atoms with Crippen molar-refractivity contribution in [1.82, 2.24) is 4.98 Å². The Bertz CT molecular complexity index is 567. The highest BCUT2D eigenvalue weighted by molar-refractivity contribution is 5.53. The van der Waals surface area contributed by atoms with E-state index in [1.54, 1.807) is 0 Å². The summed E-state index contributed by atoms with van der Waals surface area (Å²) in [6, 6.07) is 7.80. The molecule has 0 aromatic carbocycles. The molecular weight excluding hydrogens is 390 g/mol. The van der Waals surface area contributed by atoms with Crippen molar-refractivity contribution in [3.05, 3.63) is 18.3 Å². The van der Waals surface area contributed by atoms with E-state index >= 15 is 0 Å². The van der Waals surface area contributed by atoms with Crippen LogP contribution in [0.5, 0.6) is 0 Å². The minimum Gasteiger partial charge on any atom is -0.364 e. The van der Waals surface area contributed by atoms with Crippen LogP contribution in [0.2, 0.25) is 0 Å². The zero-order valence-corrected chi connectivity index (χ0v) is 20.5. The second kappa shape index (κ2) is 11.3. The van der Waals surface area contributed by atoms with Crippen molar-refractivity contribution in [3.8, 4) is 0 Å². The molecule has 0 amide bonds. The quantitative estimate of drug-likeness (QED) is 0.449. The van der Waals surface area contributed by atoms with Crippen LogP contribution in [0.15, 0.2) is 18.3 Å². The van der Waals surface area contributed by atoms with E-state index in [1.807, 2.05) is 0 Å². The fraction of sp³-hybridized carbons (Fsp3) is 0.828. The molecule has 0 spiro atoms. The van der Waals surface area contributed by atoms with E-state index in [0.717, 1.165) is 24.2 Å². The lowest BCUT2D eigenvalue weighted by Crippen LogP contribution is -2.46. The van der Waals surface area contributed by atoms with Crippen molar-refractivity contribution in [3.63, 3.8) is 0 Å². The Kier molecular flexibility index (Phi) is 7.92. The topological polar surface area (TPSA) is 19.4 Å². The lowest BCUT2D eigenvalue weighted by molar-refractivity contribution is 0.336. The van der Waals surface area contributed by atoms with Crippen molar-refractivity contribution in [2.24, 2.45) is 0 Å². The van der Waals surface area contributed by atoms with E-state index < -0.39 is 0 Å². The summed E-state index contributed by atoms with van der Waals surface area (Å²) in [5, 5.41) is 0. The molecule has 3 nitrogen and oxygen atoms in total.